The highest BCUT2D eigenvalue weighted by molar-refractivity contribution is 6.04. The van der Waals surface area contributed by atoms with E-state index in [1.165, 1.54) is 6.92 Å². The van der Waals surface area contributed by atoms with Gasteiger partial charge in [0, 0.05) is 19.3 Å². The quantitative estimate of drug-likeness (QED) is 0.727. The van der Waals surface area contributed by atoms with Gasteiger partial charge in [0.1, 0.15) is 17.6 Å². The Labute approximate surface area is 92.0 Å². The highest BCUT2D eigenvalue weighted by Crippen LogP contribution is 2.34. The first-order valence-corrected chi connectivity index (χ1v) is 5.01. The minimum atomic E-state index is -0.825. The summed E-state index contributed by atoms with van der Waals surface area (Å²) in [5, 5.41) is 9.45. The number of hydrogen-bond donors (Lipinski definition) is 1. The molecular weight excluding hydrogens is 212 g/mol. The number of carbonyl (C=O) groups excluding carboxylic acids is 2. The van der Waals surface area contributed by atoms with Crippen molar-refractivity contribution in [2.24, 2.45) is 5.92 Å². The molecule has 0 saturated heterocycles. The van der Waals surface area contributed by atoms with Crippen LogP contribution in [0.2, 0.25) is 0 Å². The van der Waals surface area contributed by atoms with Gasteiger partial charge in [-0.15, -0.1) is 0 Å². The van der Waals surface area contributed by atoms with Gasteiger partial charge in [-0.1, -0.05) is 6.92 Å². The Bertz CT molecular complexity index is 445. The Morgan fingerprint density at radius 3 is 2.94 bits per heavy atom. The van der Waals surface area contributed by atoms with Gasteiger partial charge in [0.2, 0.25) is 5.78 Å². The first-order chi connectivity index (χ1) is 7.50. The zero-order valence-corrected chi connectivity index (χ0v) is 9.02. The molecule has 0 aliphatic heterocycles. The molecule has 2 rings (SSSR count). The van der Waals surface area contributed by atoms with Gasteiger partial charge in [-0.2, -0.15) is 0 Å². The van der Waals surface area contributed by atoms with Crippen molar-refractivity contribution >= 4 is 11.8 Å². The molecule has 1 N–H and O–H groups in total. The van der Waals surface area contributed by atoms with Crippen molar-refractivity contribution in [3.05, 3.63) is 17.6 Å². The summed E-state index contributed by atoms with van der Waals surface area (Å²) in [4.78, 5) is 22.8. The van der Waals surface area contributed by atoms with Crippen LogP contribution in [0.3, 0.4) is 0 Å². The summed E-state index contributed by atoms with van der Waals surface area (Å²) in [5.74, 6) is -0.774. The molecule has 0 saturated carbocycles. The lowest BCUT2D eigenvalue weighted by Crippen LogP contribution is -2.37. The van der Waals surface area contributed by atoms with Crippen LogP contribution in [0.5, 0.6) is 5.75 Å². The van der Waals surface area contributed by atoms with Gasteiger partial charge in [0.05, 0.1) is 0 Å². The molecule has 16 heavy (non-hydrogen) atoms. The van der Waals surface area contributed by atoms with E-state index < -0.39 is 17.9 Å². The van der Waals surface area contributed by atoms with Gasteiger partial charge < -0.3 is 14.3 Å². The fraction of sp³-hybridized carbons (Fsp3) is 0.455. The maximum atomic E-state index is 11.9. The fourth-order valence-corrected chi connectivity index (χ4v) is 1.95. The van der Waals surface area contributed by atoms with Crippen molar-refractivity contribution in [1.82, 2.24) is 0 Å². The fourth-order valence-electron chi connectivity index (χ4n) is 1.95. The number of carbonyl (C=O) groups is 2. The minimum Gasteiger partial charge on any atom is -0.504 e. The number of hydrogen-bond acceptors (Lipinski definition) is 5. The number of ketones is 1. The van der Waals surface area contributed by atoms with Crippen LogP contribution in [0.25, 0.3) is 0 Å². The Hall–Kier alpha value is -1.78. The molecule has 2 unspecified atom stereocenters. The highest BCUT2D eigenvalue weighted by atomic mass is 16.5. The number of fused-ring (bicyclic) bond motifs is 1. The van der Waals surface area contributed by atoms with Gasteiger partial charge in [-0.3, -0.25) is 9.59 Å². The molecule has 86 valence electrons. The third-order valence-electron chi connectivity index (χ3n) is 2.67. The van der Waals surface area contributed by atoms with Crippen LogP contribution in [0.4, 0.5) is 0 Å². The van der Waals surface area contributed by atoms with E-state index in [-0.39, 0.29) is 17.2 Å². The smallest absolute Gasteiger partial charge is 0.303 e. The molecule has 1 aromatic heterocycles. The second-order valence-electron chi connectivity index (χ2n) is 3.99. The van der Waals surface area contributed by atoms with Crippen molar-refractivity contribution in [3.8, 4) is 5.75 Å². The zero-order valence-electron chi connectivity index (χ0n) is 9.02. The number of esters is 1. The molecule has 1 aliphatic carbocycles. The van der Waals surface area contributed by atoms with Crippen LogP contribution in [0.1, 0.15) is 30.0 Å². The van der Waals surface area contributed by atoms with Crippen molar-refractivity contribution in [2.45, 2.75) is 26.4 Å². The van der Waals surface area contributed by atoms with Gasteiger partial charge in [-0.05, 0) is 0 Å². The summed E-state index contributed by atoms with van der Waals surface area (Å²) in [6.45, 7) is 3.05. The summed E-state index contributed by atoms with van der Waals surface area (Å²) >= 11 is 0. The third-order valence-corrected chi connectivity index (χ3v) is 2.67. The normalized spacial score (nSPS) is 24.0. The standard InChI is InChI=1S/C11H12O5/c1-5-3-8-9(7(13)4-15-8)10(14)11(5)16-6(2)12/h4-5,11,13H,3H2,1-2H3. The maximum Gasteiger partial charge on any atom is 0.303 e. The van der Waals surface area contributed by atoms with Crippen LogP contribution in [-0.4, -0.2) is 23.0 Å². The lowest BCUT2D eigenvalue weighted by Gasteiger charge is -2.25. The van der Waals surface area contributed by atoms with E-state index in [1.807, 2.05) is 0 Å². The molecule has 1 aliphatic rings. The molecule has 1 heterocycles. The molecule has 0 bridgehead atoms. The molecule has 0 fully saturated rings. The molecule has 0 spiro atoms. The van der Waals surface area contributed by atoms with Crippen LogP contribution < -0.4 is 0 Å². The molecular formula is C11H12O5. The molecule has 2 atom stereocenters. The van der Waals surface area contributed by atoms with E-state index in [2.05, 4.69) is 0 Å². The summed E-state index contributed by atoms with van der Waals surface area (Å²) in [6.07, 6.45) is 0.777. The van der Waals surface area contributed by atoms with Crippen LogP contribution in [0, 0.1) is 5.92 Å². The third kappa shape index (κ3) is 1.58. The molecule has 5 nitrogen and oxygen atoms in total. The summed E-state index contributed by atoms with van der Waals surface area (Å²) < 4.78 is 10.0. The van der Waals surface area contributed by atoms with E-state index in [9.17, 15) is 14.7 Å². The van der Waals surface area contributed by atoms with E-state index in [4.69, 9.17) is 9.15 Å². The second kappa shape index (κ2) is 3.66. The monoisotopic (exact) mass is 224 g/mol. The van der Waals surface area contributed by atoms with E-state index in [1.54, 1.807) is 6.92 Å². The predicted octanol–water partition coefficient (Wildman–Crippen LogP) is 1.29. The van der Waals surface area contributed by atoms with Gasteiger partial charge >= 0.3 is 5.97 Å². The highest BCUT2D eigenvalue weighted by Gasteiger charge is 2.39. The topological polar surface area (TPSA) is 76.7 Å². The lowest BCUT2D eigenvalue weighted by molar-refractivity contribution is -0.146. The minimum absolute atomic E-state index is 0.143. The van der Waals surface area contributed by atoms with E-state index in [0.717, 1.165) is 6.26 Å². The zero-order chi connectivity index (χ0) is 11.9. The van der Waals surface area contributed by atoms with Crippen molar-refractivity contribution in [2.75, 3.05) is 0 Å². The Morgan fingerprint density at radius 1 is 1.62 bits per heavy atom. The molecule has 5 heteroatoms. The SMILES string of the molecule is CC(=O)OC1C(=O)c2c(O)coc2CC1C. The van der Waals surface area contributed by atoms with Gasteiger partial charge in [0.15, 0.2) is 11.9 Å². The molecule has 0 radical (unpaired) electrons. The van der Waals surface area contributed by atoms with E-state index >= 15 is 0 Å². The molecule has 0 aromatic carbocycles. The molecule has 1 aromatic rings. The van der Waals surface area contributed by atoms with Crippen LogP contribution >= 0.6 is 0 Å². The summed E-state index contributed by atoms with van der Waals surface area (Å²) in [5.41, 5.74) is 0.143. The van der Waals surface area contributed by atoms with E-state index in [0.29, 0.717) is 12.2 Å². The maximum absolute atomic E-state index is 11.9. The average Bonchev–Trinajstić information content (AvgIpc) is 2.54. The lowest BCUT2D eigenvalue weighted by atomic mass is 9.85. The summed E-state index contributed by atoms with van der Waals surface area (Å²) in [6, 6.07) is 0. The Balaban J connectivity index is 2.36. The largest absolute Gasteiger partial charge is 0.504 e. The van der Waals surface area contributed by atoms with Crippen molar-refractivity contribution in [1.29, 1.82) is 0 Å². The first kappa shape index (κ1) is 10.7. The number of aromatic hydroxyl groups is 1. The van der Waals surface area contributed by atoms with Gasteiger partial charge in [-0.25, -0.2) is 0 Å². The number of ether oxygens (including phenoxy) is 1. The predicted molar refractivity (Wildman–Crippen MR) is 53.1 cm³/mol. The first-order valence-electron chi connectivity index (χ1n) is 5.01. The second-order valence-corrected chi connectivity index (χ2v) is 3.99. The number of furan rings is 1. The summed E-state index contributed by atoms with van der Waals surface area (Å²) in [7, 11) is 0. The Kier molecular flexibility index (Phi) is 2.46. The van der Waals surface area contributed by atoms with Crippen LogP contribution in [-0.2, 0) is 16.0 Å². The Morgan fingerprint density at radius 2 is 2.31 bits per heavy atom. The van der Waals surface area contributed by atoms with Gasteiger partial charge in [0.25, 0.3) is 0 Å². The van der Waals surface area contributed by atoms with Crippen molar-refractivity contribution in [3.63, 3.8) is 0 Å². The molecule has 0 amide bonds. The number of rotatable bonds is 1. The van der Waals surface area contributed by atoms with Crippen molar-refractivity contribution < 1.29 is 23.8 Å². The van der Waals surface area contributed by atoms with Crippen LogP contribution in [0.15, 0.2) is 10.7 Å². The number of Topliss-reactive ketones (excluding diaryl/α,β-unsaturated/α-hetero) is 1. The average molecular weight is 224 g/mol.